The number of carbonyl (C=O) groups is 2. The highest BCUT2D eigenvalue weighted by Gasteiger charge is 2.43. The van der Waals surface area contributed by atoms with Crippen LogP contribution in [-0.4, -0.2) is 60.9 Å². The van der Waals surface area contributed by atoms with Crippen molar-refractivity contribution >= 4 is 23.1 Å². The number of benzene rings is 2. The van der Waals surface area contributed by atoms with Gasteiger partial charge in [0.05, 0.1) is 17.4 Å². The molecule has 1 fully saturated rings. The second kappa shape index (κ2) is 9.40. The molecule has 4 rings (SSSR count). The number of hydrogen-bond donors (Lipinski definition) is 0. The summed E-state index contributed by atoms with van der Waals surface area (Å²) in [6, 6.07) is 15.2. The summed E-state index contributed by atoms with van der Waals surface area (Å²) in [5.41, 5.74) is 3.28. The normalized spacial score (nSPS) is 17.9. The Morgan fingerprint density at radius 3 is 2.27 bits per heavy atom. The maximum atomic E-state index is 13.7. The number of likely N-dealkylation sites (tertiary alicyclic amines) is 1. The van der Waals surface area contributed by atoms with Gasteiger partial charge in [-0.1, -0.05) is 24.3 Å². The number of amides is 2. The van der Waals surface area contributed by atoms with E-state index < -0.39 is 0 Å². The lowest BCUT2D eigenvalue weighted by atomic mass is 10.00. The molecule has 2 aliphatic heterocycles. The van der Waals surface area contributed by atoms with Gasteiger partial charge in [0.15, 0.2) is 0 Å². The second-order valence-corrected chi connectivity index (χ2v) is 9.34. The molecule has 0 aromatic heterocycles. The third-order valence-corrected chi connectivity index (χ3v) is 6.42. The van der Waals surface area contributed by atoms with Gasteiger partial charge in [-0.25, -0.2) is 4.90 Å². The molecule has 2 aromatic rings. The van der Waals surface area contributed by atoms with Crippen LogP contribution in [0.15, 0.2) is 54.2 Å². The molecule has 2 aliphatic rings. The molecule has 0 bridgehead atoms. The van der Waals surface area contributed by atoms with Gasteiger partial charge < -0.3 is 14.5 Å². The van der Waals surface area contributed by atoms with Crippen LogP contribution in [0.1, 0.15) is 37.8 Å². The highest BCUT2D eigenvalue weighted by Crippen LogP contribution is 2.36. The van der Waals surface area contributed by atoms with E-state index >= 15 is 0 Å². The van der Waals surface area contributed by atoms with Gasteiger partial charge in [-0.3, -0.25) is 9.59 Å². The predicted molar refractivity (Wildman–Crippen MR) is 131 cm³/mol. The van der Waals surface area contributed by atoms with Crippen LogP contribution in [0.4, 0.5) is 5.69 Å². The first-order chi connectivity index (χ1) is 15.8. The van der Waals surface area contributed by atoms with E-state index in [2.05, 4.69) is 11.9 Å². The molecule has 1 saturated heterocycles. The van der Waals surface area contributed by atoms with Crippen LogP contribution in [-0.2, 0) is 9.59 Å². The highest BCUT2D eigenvalue weighted by molar-refractivity contribution is 6.45. The largest absolute Gasteiger partial charge is 0.491 e. The van der Waals surface area contributed by atoms with Gasteiger partial charge in [-0.05, 0) is 89.1 Å². The molecule has 6 heteroatoms. The third kappa shape index (κ3) is 4.67. The third-order valence-electron chi connectivity index (χ3n) is 6.42. The molecule has 33 heavy (non-hydrogen) atoms. The number of likely N-dealkylation sites (N-methyl/N-ethyl adjacent to an activating group) is 1. The average molecular weight is 448 g/mol. The van der Waals surface area contributed by atoms with Crippen LogP contribution in [0.25, 0.3) is 5.57 Å². The number of ether oxygens (including phenoxy) is 1. The summed E-state index contributed by atoms with van der Waals surface area (Å²) in [7, 11) is 4.07. The maximum Gasteiger partial charge on any atom is 0.282 e. The monoisotopic (exact) mass is 447 g/mol. The number of hydrogen-bond acceptors (Lipinski definition) is 5. The predicted octanol–water partition coefficient (Wildman–Crippen LogP) is 4.09. The summed E-state index contributed by atoms with van der Waals surface area (Å²) in [5, 5.41) is 0. The molecular weight excluding hydrogens is 414 g/mol. The van der Waals surface area contributed by atoms with Gasteiger partial charge in [0, 0.05) is 13.1 Å². The number of aryl methyl sites for hydroxylation is 1. The Morgan fingerprint density at radius 1 is 1.00 bits per heavy atom. The van der Waals surface area contributed by atoms with Crippen LogP contribution in [0.2, 0.25) is 0 Å². The molecule has 0 saturated carbocycles. The summed E-state index contributed by atoms with van der Waals surface area (Å²) in [5.74, 6) is 0.203. The van der Waals surface area contributed by atoms with E-state index in [9.17, 15) is 9.59 Å². The van der Waals surface area contributed by atoms with Crippen LogP contribution in [0, 0.1) is 6.92 Å². The van der Waals surface area contributed by atoms with E-state index in [1.54, 1.807) is 0 Å². The van der Waals surface area contributed by atoms with E-state index in [1.807, 2.05) is 81.2 Å². The highest BCUT2D eigenvalue weighted by atomic mass is 16.5. The van der Waals surface area contributed by atoms with Gasteiger partial charge >= 0.3 is 0 Å². The Balaban J connectivity index is 1.75. The minimum atomic E-state index is -0.280. The molecule has 0 spiro atoms. The Kier molecular flexibility index (Phi) is 6.56. The van der Waals surface area contributed by atoms with Crippen molar-refractivity contribution in [3.63, 3.8) is 0 Å². The Hall–Kier alpha value is -3.12. The summed E-state index contributed by atoms with van der Waals surface area (Å²) in [6.45, 7) is 7.86. The zero-order chi connectivity index (χ0) is 23.7. The molecule has 2 amide bonds. The molecule has 6 nitrogen and oxygen atoms in total. The van der Waals surface area contributed by atoms with Gasteiger partial charge in [0.2, 0.25) is 0 Å². The summed E-state index contributed by atoms with van der Waals surface area (Å²) in [6.07, 6.45) is 1.97. The van der Waals surface area contributed by atoms with Crippen molar-refractivity contribution in [2.45, 2.75) is 45.8 Å². The van der Waals surface area contributed by atoms with Crippen molar-refractivity contribution in [1.82, 2.24) is 9.80 Å². The molecule has 0 aliphatic carbocycles. The number of imide groups is 1. The first kappa shape index (κ1) is 23.1. The Bertz CT molecular complexity index is 1070. The van der Waals surface area contributed by atoms with Crippen molar-refractivity contribution < 1.29 is 14.3 Å². The second-order valence-electron chi connectivity index (χ2n) is 9.34. The van der Waals surface area contributed by atoms with Gasteiger partial charge in [-0.2, -0.15) is 0 Å². The number of nitrogens with zero attached hydrogens (tertiary/aromatic N) is 3. The molecule has 0 unspecified atom stereocenters. The van der Waals surface area contributed by atoms with Crippen molar-refractivity contribution in [2.24, 2.45) is 0 Å². The molecule has 0 N–H and O–H groups in total. The lowest BCUT2D eigenvalue weighted by Crippen LogP contribution is -2.43. The maximum absolute atomic E-state index is 13.7. The minimum absolute atomic E-state index is 0.0627. The van der Waals surface area contributed by atoms with Crippen molar-refractivity contribution in [3.8, 4) is 5.75 Å². The van der Waals surface area contributed by atoms with E-state index in [4.69, 9.17) is 4.74 Å². The van der Waals surface area contributed by atoms with Crippen molar-refractivity contribution in [1.29, 1.82) is 0 Å². The fourth-order valence-corrected chi connectivity index (χ4v) is 4.64. The van der Waals surface area contributed by atoms with E-state index in [0.29, 0.717) is 17.0 Å². The van der Waals surface area contributed by atoms with E-state index in [-0.39, 0.29) is 24.0 Å². The fourth-order valence-electron chi connectivity index (χ4n) is 4.64. The number of anilines is 1. The molecular formula is C27H33N3O3. The lowest BCUT2D eigenvalue weighted by Gasteiger charge is -2.36. The van der Waals surface area contributed by atoms with Crippen LogP contribution in [0.3, 0.4) is 0 Å². The fraction of sp³-hybridized carbons (Fsp3) is 0.407. The quantitative estimate of drug-likeness (QED) is 0.625. The lowest BCUT2D eigenvalue weighted by molar-refractivity contribution is -0.120. The number of piperidine rings is 1. The number of rotatable bonds is 6. The number of carbonyl (C=O) groups excluding carboxylic acids is 2. The summed E-state index contributed by atoms with van der Waals surface area (Å²) < 4.78 is 5.77. The SMILES string of the molecule is Cc1cccc(N2C(=O)C(c3ccc(OC(C)C)cc3)=C(N(C)C3CCN(C)CC3)C2=O)c1. The first-order valence-corrected chi connectivity index (χ1v) is 11.6. The van der Waals surface area contributed by atoms with Crippen LogP contribution in [0.5, 0.6) is 5.75 Å². The van der Waals surface area contributed by atoms with E-state index in [1.165, 1.54) is 4.90 Å². The van der Waals surface area contributed by atoms with Gasteiger partial charge in [0.1, 0.15) is 11.4 Å². The van der Waals surface area contributed by atoms with Gasteiger partial charge in [0.25, 0.3) is 11.8 Å². The molecule has 2 heterocycles. The summed E-state index contributed by atoms with van der Waals surface area (Å²) in [4.78, 5) is 33.1. The zero-order valence-electron chi connectivity index (χ0n) is 20.2. The average Bonchev–Trinajstić information content (AvgIpc) is 3.04. The van der Waals surface area contributed by atoms with Crippen molar-refractivity contribution in [2.75, 3.05) is 32.1 Å². The Morgan fingerprint density at radius 2 is 1.67 bits per heavy atom. The molecule has 0 atom stereocenters. The molecule has 0 radical (unpaired) electrons. The smallest absolute Gasteiger partial charge is 0.282 e. The summed E-state index contributed by atoms with van der Waals surface area (Å²) >= 11 is 0. The Labute approximate surface area is 196 Å². The standard InChI is InChI=1S/C27H33N3O3/c1-18(2)33-23-11-9-20(10-12-23)24-25(29(5)21-13-15-28(4)16-14-21)27(32)30(26(24)31)22-8-6-7-19(3)17-22/h6-12,17-18,21H,13-16H2,1-5H3. The van der Waals surface area contributed by atoms with Crippen LogP contribution >= 0.6 is 0 Å². The molecule has 2 aromatic carbocycles. The molecule has 174 valence electrons. The van der Waals surface area contributed by atoms with Gasteiger partial charge in [-0.15, -0.1) is 0 Å². The minimum Gasteiger partial charge on any atom is -0.491 e. The first-order valence-electron chi connectivity index (χ1n) is 11.6. The van der Waals surface area contributed by atoms with Crippen molar-refractivity contribution in [3.05, 3.63) is 65.4 Å². The zero-order valence-corrected chi connectivity index (χ0v) is 20.2. The topological polar surface area (TPSA) is 53.1 Å². The van der Waals surface area contributed by atoms with Crippen LogP contribution < -0.4 is 9.64 Å². The van der Waals surface area contributed by atoms with E-state index in [0.717, 1.165) is 42.8 Å².